The smallest absolute Gasteiger partial charge is 0.338 e. The molecule has 134 valence electrons. The summed E-state index contributed by atoms with van der Waals surface area (Å²) in [7, 11) is 0. The van der Waals surface area contributed by atoms with Crippen LogP contribution in [0, 0.1) is 11.8 Å². The molecule has 0 aliphatic carbocycles. The van der Waals surface area contributed by atoms with Gasteiger partial charge < -0.3 is 19.1 Å². The second-order valence-electron chi connectivity index (χ2n) is 8.59. The Morgan fingerprint density at radius 1 is 1.17 bits per heavy atom. The highest BCUT2D eigenvalue weighted by Gasteiger charge is 2.57. The fourth-order valence-electron chi connectivity index (χ4n) is 5.42. The average molecular weight is 338 g/mol. The number of carbonyl (C=O) groups excluding carboxylic acids is 2. The summed E-state index contributed by atoms with van der Waals surface area (Å²) in [4.78, 5) is 26.8. The molecule has 2 bridgehead atoms. The van der Waals surface area contributed by atoms with E-state index in [1.807, 2.05) is 13.8 Å². The second-order valence-corrected chi connectivity index (χ2v) is 8.59. The summed E-state index contributed by atoms with van der Waals surface area (Å²) < 4.78 is 17.7. The van der Waals surface area contributed by atoms with Crippen LogP contribution in [0.5, 0.6) is 0 Å². The molecule has 0 radical (unpaired) electrons. The topological polar surface area (TPSA) is 66.3 Å². The largest absolute Gasteiger partial charge is 0.463 e. The molecule has 6 heteroatoms. The van der Waals surface area contributed by atoms with Gasteiger partial charge in [0.1, 0.15) is 12.6 Å². The van der Waals surface area contributed by atoms with Crippen LogP contribution >= 0.6 is 0 Å². The van der Waals surface area contributed by atoms with Crippen molar-refractivity contribution >= 4 is 11.9 Å². The lowest BCUT2D eigenvalue weighted by Crippen LogP contribution is -3.12. The Morgan fingerprint density at radius 2 is 1.92 bits per heavy atom. The van der Waals surface area contributed by atoms with E-state index in [0.29, 0.717) is 13.0 Å². The van der Waals surface area contributed by atoms with E-state index < -0.39 is 11.2 Å². The molecule has 1 N–H and O–H groups in total. The van der Waals surface area contributed by atoms with E-state index in [-0.39, 0.29) is 42.3 Å². The third kappa shape index (κ3) is 2.46. The summed E-state index contributed by atoms with van der Waals surface area (Å²) in [6, 6.07) is 0.276. The number of quaternary nitrogens is 1. The van der Waals surface area contributed by atoms with Gasteiger partial charge in [0.15, 0.2) is 11.7 Å². The van der Waals surface area contributed by atoms with E-state index in [9.17, 15) is 9.59 Å². The summed E-state index contributed by atoms with van der Waals surface area (Å²) in [5, 5.41) is 0. The number of fused-ring (bicyclic) bond motifs is 2. The van der Waals surface area contributed by atoms with Crippen LogP contribution in [-0.2, 0) is 23.8 Å². The third-order valence-corrected chi connectivity index (χ3v) is 6.74. The zero-order valence-corrected chi connectivity index (χ0v) is 14.8. The van der Waals surface area contributed by atoms with Gasteiger partial charge in [0, 0.05) is 12.8 Å². The summed E-state index contributed by atoms with van der Waals surface area (Å²) in [5.74, 6) is -0.195. The van der Waals surface area contributed by atoms with E-state index in [1.165, 1.54) is 4.90 Å². The van der Waals surface area contributed by atoms with Gasteiger partial charge in [0.05, 0.1) is 31.0 Å². The van der Waals surface area contributed by atoms with Crippen molar-refractivity contribution in [3.05, 3.63) is 0 Å². The van der Waals surface area contributed by atoms with Gasteiger partial charge in [-0.3, -0.25) is 4.79 Å². The molecule has 4 aliphatic rings. The molecule has 4 aliphatic heterocycles. The lowest BCUT2D eigenvalue weighted by atomic mass is 9.86. The number of hydrogen-bond donors (Lipinski definition) is 1. The molecule has 4 saturated heterocycles. The number of rotatable bonds is 0. The fraction of sp³-hybridized carbons (Fsp3) is 0.889. The number of ether oxygens (including phenoxy) is 3. The molecule has 24 heavy (non-hydrogen) atoms. The molecule has 7 atom stereocenters. The number of esters is 2. The molecular weight excluding hydrogens is 310 g/mol. The van der Waals surface area contributed by atoms with Crippen molar-refractivity contribution in [2.45, 2.75) is 69.8 Å². The first kappa shape index (κ1) is 16.3. The molecule has 4 fully saturated rings. The van der Waals surface area contributed by atoms with Gasteiger partial charge in [-0.25, -0.2) is 4.79 Å². The highest BCUT2D eigenvalue weighted by atomic mass is 16.6. The van der Waals surface area contributed by atoms with Gasteiger partial charge in [-0.2, -0.15) is 0 Å². The van der Waals surface area contributed by atoms with Crippen LogP contribution in [0.1, 0.15) is 46.5 Å². The lowest BCUT2D eigenvalue weighted by Gasteiger charge is -2.32. The minimum Gasteiger partial charge on any atom is -0.463 e. The Bertz CT molecular complexity index is 566. The maximum absolute atomic E-state index is 12.7. The number of carbonyl (C=O) groups is 2. The van der Waals surface area contributed by atoms with Gasteiger partial charge >= 0.3 is 11.9 Å². The molecule has 0 aromatic rings. The van der Waals surface area contributed by atoms with Crippen molar-refractivity contribution in [2.75, 3.05) is 19.7 Å². The van der Waals surface area contributed by atoms with Crippen molar-refractivity contribution in [1.82, 2.24) is 0 Å². The maximum atomic E-state index is 12.7. The standard InChI is InChI=1S/C18H27NO5/c1-11-8-17(2)9-14(20)23-13-5-7-19-6-4-12(15(13)19)10-22-16(21)18(11,3)24-17/h11-13,15H,4-10H2,1-3H3/p+1/t11-,12-,13-,15-,17-,18+/m1/s1. The van der Waals surface area contributed by atoms with Gasteiger partial charge in [-0.1, -0.05) is 6.92 Å². The molecule has 6 nitrogen and oxygen atoms in total. The SMILES string of the molecule is C[C@@H]1C[C@]2(C)CC(=O)O[C@@H]3CC[NH+]4CC[C@H](COC(=O)[C@@]1(C)O2)[C@H]34. The van der Waals surface area contributed by atoms with Gasteiger partial charge in [0.25, 0.3) is 0 Å². The Balaban J connectivity index is 1.63. The van der Waals surface area contributed by atoms with E-state index in [0.717, 1.165) is 25.9 Å². The number of cyclic esters (lactones) is 1. The first-order valence-electron chi connectivity index (χ1n) is 9.22. The third-order valence-electron chi connectivity index (χ3n) is 6.74. The quantitative estimate of drug-likeness (QED) is 0.635. The lowest BCUT2D eigenvalue weighted by molar-refractivity contribution is -0.902. The number of hydrogen-bond acceptors (Lipinski definition) is 5. The van der Waals surface area contributed by atoms with Crippen molar-refractivity contribution in [2.24, 2.45) is 11.8 Å². The van der Waals surface area contributed by atoms with Gasteiger partial charge in [0.2, 0.25) is 0 Å². The van der Waals surface area contributed by atoms with E-state index in [4.69, 9.17) is 14.2 Å². The Kier molecular flexibility index (Phi) is 3.69. The van der Waals surface area contributed by atoms with Crippen LogP contribution in [0.2, 0.25) is 0 Å². The first-order chi connectivity index (χ1) is 11.3. The van der Waals surface area contributed by atoms with Crippen LogP contribution in [0.3, 0.4) is 0 Å². The highest BCUT2D eigenvalue weighted by Crippen LogP contribution is 2.45. The van der Waals surface area contributed by atoms with E-state index in [2.05, 4.69) is 0 Å². The summed E-state index contributed by atoms with van der Waals surface area (Å²) in [5.41, 5.74) is -1.64. The second kappa shape index (κ2) is 5.43. The minimum atomic E-state index is -0.978. The fourth-order valence-corrected chi connectivity index (χ4v) is 5.42. The Hall–Kier alpha value is -1.14. The van der Waals surface area contributed by atoms with Crippen LogP contribution in [-0.4, -0.2) is 55.0 Å². The molecular formula is C18H28NO5+. The molecule has 1 unspecified atom stereocenters. The van der Waals surface area contributed by atoms with Crippen molar-refractivity contribution < 1.29 is 28.7 Å². The summed E-state index contributed by atoms with van der Waals surface area (Å²) >= 11 is 0. The normalized spacial score (nSPS) is 51.4. The zero-order valence-electron chi connectivity index (χ0n) is 14.8. The molecule has 0 amide bonds. The molecule has 0 aromatic carbocycles. The van der Waals surface area contributed by atoms with Crippen molar-refractivity contribution in [3.63, 3.8) is 0 Å². The average Bonchev–Trinajstić information content (AvgIpc) is 3.11. The summed E-state index contributed by atoms with van der Waals surface area (Å²) in [6.45, 7) is 8.21. The summed E-state index contributed by atoms with van der Waals surface area (Å²) in [6.07, 6.45) is 2.73. The highest BCUT2D eigenvalue weighted by molar-refractivity contribution is 5.80. The Labute approximate surface area is 142 Å². The predicted octanol–water partition coefficient (Wildman–Crippen LogP) is 0.0960. The van der Waals surface area contributed by atoms with E-state index in [1.54, 1.807) is 6.92 Å². The van der Waals surface area contributed by atoms with E-state index >= 15 is 0 Å². The van der Waals surface area contributed by atoms with Gasteiger partial charge in [-0.05, 0) is 26.2 Å². The number of nitrogens with one attached hydrogen (secondary N) is 1. The van der Waals surface area contributed by atoms with Crippen LogP contribution < -0.4 is 4.90 Å². The first-order valence-corrected chi connectivity index (χ1v) is 9.22. The van der Waals surface area contributed by atoms with Crippen LogP contribution in [0.15, 0.2) is 0 Å². The zero-order chi connectivity index (χ0) is 17.1. The molecule has 0 aromatic heterocycles. The van der Waals surface area contributed by atoms with Crippen LogP contribution in [0.4, 0.5) is 0 Å². The van der Waals surface area contributed by atoms with Crippen LogP contribution in [0.25, 0.3) is 0 Å². The van der Waals surface area contributed by atoms with Gasteiger partial charge in [-0.15, -0.1) is 0 Å². The molecule has 4 heterocycles. The molecule has 0 spiro atoms. The molecule has 4 rings (SSSR count). The Morgan fingerprint density at radius 3 is 2.71 bits per heavy atom. The maximum Gasteiger partial charge on any atom is 0.338 e. The van der Waals surface area contributed by atoms with Crippen molar-refractivity contribution in [1.29, 1.82) is 0 Å². The minimum absolute atomic E-state index is 0.00811. The predicted molar refractivity (Wildman–Crippen MR) is 84.3 cm³/mol. The van der Waals surface area contributed by atoms with Crippen molar-refractivity contribution in [3.8, 4) is 0 Å². The molecule has 0 saturated carbocycles. The monoisotopic (exact) mass is 338 g/mol.